The van der Waals surface area contributed by atoms with Crippen LogP contribution in [0.15, 0.2) is 55.1 Å². The second-order valence-corrected chi connectivity index (χ2v) is 9.43. The van der Waals surface area contributed by atoms with Gasteiger partial charge in [-0.15, -0.1) is 0 Å². The van der Waals surface area contributed by atoms with Gasteiger partial charge in [0.15, 0.2) is 5.82 Å². The fourth-order valence-electron chi connectivity index (χ4n) is 4.23. The fraction of sp³-hybridized carbons (Fsp3) is 0.172. The number of benzene rings is 1. The number of aromatic amines is 2. The number of H-pyrrole nitrogens is 2. The Morgan fingerprint density at radius 1 is 1.08 bits per heavy atom. The van der Waals surface area contributed by atoms with Crippen LogP contribution < -0.4 is 15.9 Å². The molecule has 5 rings (SSSR count). The van der Waals surface area contributed by atoms with Crippen LogP contribution in [0.2, 0.25) is 0 Å². The number of nitrogens with one attached hydrogen (secondary N) is 3. The lowest BCUT2D eigenvalue weighted by molar-refractivity contribution is 0.627. The van der Waals surface area contributed by atoms with Gasteiger partial charge in [-0.3, -0.25) is 15.1 Å². The van der Waals surface area contributed by atoms with E-state index in [1.165, 1.54) is 12.1 Å². The molecule has 0 saturated carbocycles. The molecule has 0 saturated heterocycles. The van der Waals surface area contributed by atoms with Crippen LogP contribution in [0.3, 0.4) is 0 Å². The van der Waals surface area contributed by atoms with Crippen molar-refractivity contribution in [3.8, 4) is 22.6 Å². The lowest BCUT2D eigenvalue weighted by Gasteiger charge is -2.10. The normalized spacial score (nSPS) is 12.6. The molecule has 4 heterocycles. The smallest absolute Gasteiger partial charge is 0.159 e. The predicted octanol–water partition coefficient (Wildman–Crippen LogP) is 4.97. The van der Waals surface area contributed by atoms with Gasteiger partial charge in [-0.1, -0.05) is 18.7 Å². The van der Waals surface area contributed by atoms with Crippen LogP contribution >= 0.6 is 0 Å². The van der Waals surface area contributed by atoms with Crippen molar-refractivity contribution < 1.29 is 4.39 Å². The Morgan fingerprint density at radius 2 is 1.89 bits per heavy atom. The van der Waals surface area contributed by atoms with Crippen LogP contribution in [0, 0.1) is 12.7 Å². The number of hydrogen-bond donors (Lipinski definition) is 3. The largest absolute Gasteiger partial charge is 0.382 e. The van der Waals surface area contributed by atoms with Crippen molar-refractivity contribution in [1.82, 2.24) is 30.1 Å². The summed E-state index contributed by atoms with van der Waals surface area (Å²) in [5, 5.41) is 12.4. The van der Waals surface area contributed by atoms with E-state index in [-0.39, 0.29) is 5.82 Å². The zero-order valence-corrected chi connectivity index (χ0v) is 21.2. The summed E-state index contributed by atoms with van der Waals surface area (Å²) < 4.78 is 14.1. The van der Waals surface area contributed by atoms with E-state index in [1.54, 1.807) is 12.4 Å². The van der Waals surface area contributed by atoms with Crippen LogP contribution in [0.1, 0.15) is 31.9 Å². The minimum Gasteiger partial charge on any atom is -0.382 e. The van der Waals surface area contributed by atoms with Crippen LogP contribution in [-0.4, -0.2) is 36.2 Å². The Labute approximate surface area is 213 Å². The Balaban J connectivity index is 1.49. The number of pyridine rings is 2. The number of allylic oxidation sites excluding steroid dienone is 2. The summed E-state index contributed by atoms with van der Waals surface area (Å²) in [7, 11) is 0. The van der Waals surface area contributed by atoms with E-state index in [0.29, 0.717) is 28.3 Å². The van der Waals surface area contributed by atoms with Gasteiger partial charge in [0.1, 0.15) is 11.5 Å². The van der Waals surface area contributed by atoms with E-state index < -0.39 is 0 Å². The summed E-state index contributed by atoms with van der Waals surface area (Å²) in [5.41, 5.74) is 7.41. The Bertz CT molecular complexity index is 1720. The molecule has 0 fully saturated rings. The summed E-state index contributed by atoms with van der Waals surface area (Å²) in [6.45, 7) is 12.3. The molecule has 186 valence electrons. The number of rotatable bonds is 6. The van der Waals surface area contributed by atoms with E-state index in [0.717, 1.165) is 44.4 Å². The monoisotopic (exact) mass is 493 g/mol. The second-order valence-electron chi connectivity index (χ2n) is 9.43. The molecule has 0 unspecified atom stereocenters. The third kappa shape index (κ3) is 5.04. The SMILES string of the molecule is C=c1c(-c2nc3c(-c4cc(C)cc(F)c4)cncc3[nH]2)n[nH]/c1=C/C=C(\C)c1cncc(NC(C)C)c1. The molecule has 3 N–H and O–H groups in total. The highest BCUT2D eigenvalue weighted by atomic mass is 19.1. The molecule has 0 spiro atoms. The van der Waals surface area contributed by atoms with Gasteiger partial charge in [-0.05, 0) is 74.2 Å². The number of aromatic nitrogens is 6. The molecule has 37 heavy (non-hydrogen) atoms. The van der Waals surface area contributed by atoms with Crippen molar-refractivity contribution >= 4 is 34.9 Å². The minimum absolute atomic E-state index is 0.294. The summed E-state index contributed by atoms with van der Waals surface area (Å²) >= 11 is 0. The van der Waals surface area contributed by atoms with Crippen molar-refractivity contribution in [1.29, 1.82) is 0 Å². The lowest BCUT2D eigenvalue weighted by atomic mass is 10.0. The first-order valence-corrected chi connectivity index (χ1v) is 12.0. The van der Waals surface area contributed by atoms with Crippen molar-refractivity contribution in [2.45, 2.75) is 33.7 Å². The number of imidazole rings is 1. The summed E-state index contributed by atoms with van der Waals surface area (Å²) in [6, 6.07) is 7.31. The highest BCUT2D eigenvalue weighted by Gasteiger charge is 2.14. The molecule has 5 aromatic rings. The highest BCUT2D eigenvalue weighted by molar-refractivity contribution is 5.92. The van der Waals surface area contributed by atoms with Crippen molar-refractivity contribution in [3.63, 3.8) is 0 Å². The second kappa shape index (κ2) is 9.81. The van der Waals surface area contributed by atoms with Gasteiger partial charge >= 0.3 is 0 Å². The summed E-state index contributed by atoms with van der Waals surface area (Å²) in [6.07, 6.45) is 11.0. The standard InChI is InChI=1S/C29H28FN7/c1-16(2)33-23-11-21(12-31-13-23)18(4)6-7-25-19(5)27(37-36-25)29-34-26-15-32-14-24(28(26)35-29)20-8-17(3)9-22(30)10-20/h6-16,33,36H,5H2,1-4H3,(H,34,35)/b18-6+,25-7+. The molecule has 0 aliphatic carbocycles. The van der Waals surface area contributed by atoms with Gasteiger partial charge in [-0.25, -0.2) is 9.37 Å². The molecule has 0 atom stereocenters. The third-order valence-corrected chi connectivity index (χ3v) is 6.02. The molecule has 0 aliphatic heterocycles. The first kappa shape index (κ1) is 24.1. The van der Waals surface area contributed by atoms with E-state index in [9.17, 15) is 4.39 Å². The Morgan fingerprint density at radius 3 is 2.68 bits per heavy atom. The van der Waals surface area contributed by atoms with Gasteiger partial charge in [0.25, 0.3) is 0 Å². The third-order valence-electron chi connectivity index (χ3n) is 6.02. The topological polar surface area (TPSA) is 95.2 Å². The van der Waals surface area contributed by atoms with Gasteiger partial charge in [-0.2, -0.15) is 5.10 Å². The van der Waals surface area contributed by atoms with Crippen molar-refractivity contribution in [2.75, 3.05) is 5.32 Å². The maximum absolute atomic E-state index is 14.1. The van der Waals surface area contributed by atoms with Crippen LogP contribution in [0.4, 0.5) is 10.1 Å². The minimum atomic E-state index is -0.294. The zero-order valence-electron chi connectivity index (χ0n) is 21.2. The number of anilines is 1. The number of aryl methyl sites for hydroxylation is 1. The molecule has 1 aromatic carbocycles. The van der Waals surface area contributed by atoms with Gasteiger partial charge in [0, 0.05) is 35.4 Å². The van der Waals surface area contributed by atoms with Gasteiger partial charge in [0.2, 0.25) is 0 Å². The average Bonchev–Trinajstić information content (AvgIpc) is 3.44. The molecular formula is C29H28FN7. The van der Waals surface area contributed by atoms with Crippen LogP contribution in [0.5, 0.6) is 0 Å². The molecular weight excluding hydrogens is 465 g/mol. The molecule has 0 bridgehead atoms. The predicted molar refractivity (Wildman–Crippen MR) is 147 cm³/mol. The van der Waals surface area contributed by atoms with Crippen LogP contribution in [-0.2, 0) is 0 Å². The Hall–Kier alpha value is -4.59. The first-order valence-electron chi connectivity index (χ1n) is 12.0. The van der Waals surface area contributed by atoms with E-state index >= 15 is 0 Å². The molecule has 0 radical (unpaired) electrons. The summed E-state index contributed by atoms with van der Waals surface area (Å²) in [4.78, 5) is 16.7. The number of hydrogen-bond acceptors (Lipinski definition) is 5. The van der Waals surface area contributed by atoms with Crippen molar-refractivity contribution in [2.24, 2.45) is 0 Å². The number of nitrogens with zero attached hydrogens (tertiary/aromatic N) is 4. The fourth-order valence-corrected chi connectivity index (χ4v) is 4.23. The van der Waals surface area contributed by atoms with E-state index in [4.69, 9.17) is 4.98 Å². The van der Waals surface area contributed by atoms with E-state index in [1.807, 2.05) is 44.5 Å². The van der Waals surface area contributed by atoms with E-state index in [2.05, 4.69) is 57.0 Å². The quantitative estimate of drug-likeness (QED) is 0.310. The first-order chi connectivity index (χ1) is 17.8. The maximum atomic E-state index is 14.1. The average molecular weight is 494 g/mol. The number of halogens is 1. The lowest BCUT2D eigenvalue weighted by Crippen LogP contribution is -2.21. The summed E-state index contributed by atoms with van der Waals surface area (Å²) in [5.74, 6) is 0.271. The van der Waals surface area contributed by atoms with Crippen molar-refractivity contribution in [3.05, 3.63) is 82.6 Å². The highest BCUT2D eigenvalue weighted by Crippen LogP contribution is 2.29. The van der Waals surface area contributed by atoms with Gasteiger partial charge in [0.05, 0.1) is 28.3 Å². The van der Waals surface area contributed by atoms with Crippen LogP contribution in [0.25, 0.3) is 51.9 Å². The molecule has 0 amide bonds. The molecule has 4 aromatic heterocycles. The Kier molecular flexibility index (Phi) is 6.40. The van der Waals surface area contributed by atoms with Gasteiger partial charge < -0.3 is 10.3 Å². The maximum Gasteiger partial charge on any atom is 0.159 e. The molecule has 8 heteroatoms. The zero-order chi connectivity index (χ0) is 26.1. The molecule has 7 nitrogen and oxygen atoms in total. The number of fused-ring (bicyclic) bond motifs is 1. The molecule has 0 aliphatic rings.